The highest BCUT2D eigenvalue weighted by Gasteiger charge is 2.57. The Hall–Kier alpha value is -1.09. The molecule has 3 amide bonds. The molecule has 0 aliphatic carbocycles. The fourth-order valence-corrected chi connectivity index (χ4v) is 4.73. The summed E-state index contributed by atoms with van der Waals surface area (Å²) in [6, 6.07) is -0.555. The topological polar surface area (TPSA) is 108 Å². The van der Waals surface area contributed by atoms with Gasteiger partial charge in [0.25, 0.3) is 0 Å². The molecule has 2 aliphatic heterocycles. The number of thiol groups is 1. The number of fused-ring (bicyclic) bond motifs is 1. The van der Waals surface area contributed by atoms with Crippen molar-refractivity contribution in [2.45, 2.75) is 42.5 Å². The molecule has 124 valence electrons. The van der Waals surface area contributed by atoms with Crippen LogP contribution in [0.4, 0.5) is 4.79 Å². The Kier molecular flexibility index (Phi) is 5.85. The standard InChI is InChI=1S/C13H21N3O4S2/c17-9(18)3-1-2-4-13(11(19)14-5-6-21)10-8(7-22-13)15-12(20)16-10/h8,10,21H,1-7H2,(H,14,19)(H,17,18)(H2,15,16,20)/t8-,10-,13-/m0/s1. The molecule has 3 atom stereocenters. The van der Waals surface area contributed by atoms with Gasteiger partial charge in [-0.3, -0.25) is 9.59 Å². The van der Waals surface area contributed by atoms with Crippen molar-refractivity contribution in [3.8, 4) is 0 Å². The van der Waals surface area contributed by atoms with E-state index in [1.807, 2.05) is 0 Å². The van der Waals surface area contributed by atoms with Crippen LogP contribution in [0, 0.1) is 0 Å². The summed E-state index contributed by atoms with van der Waals surface area (Å²) in [6.07, 6.45) is 1.80. The zero-order chi connectivity index (χ0) is 16.2. The van der Waals surface area contributed by atoms with Crippen molar-refractivity contribution in [1.82, 2.24) is 16.0 Å². The first-order valence-corrected chi connectivity index (χ1v) is 8.93. The van der Waals surface area contributed by atoms with E-state index < -0.39 is 10.7 Å². The Morgan fingerprint density at radius 2 is 2.18 bits per heavy atom. The first kappa shape index (κ1) is 17.3. The van der Waals surface area contributed by atoms with Gasteiger partial charge in [0.1, 0.15) is 4.75 Å². The quantitative estimate of drug-likeness (QED) is 0.245. The first-order chi connectivity index (χ1) is 10.5. The number of amides is 3. The summed E-state index contributed by atoms with van der Waals surface area (Å²) in [5.41, 5.74) is 0. The molecular formula is C13H21N3O4S2. The molecule has 0 bridgehead atoms. The highest BCUT2D eigenvalue weighted by atomic mass is 32.2. The highest BCUT2D eigenvalue weighted by Crippen LogP contribution is 2.44. The Morgan fingerprint density at radius 3 is 2.86 bits per heavy atom. The van der Waals surface area contributed by atoms with Crippen molar-refractivity contribution >= 4 is 42.3 Å². The maximum atomic E-state index is 12.6. The lowest BCUT2D eigenvalue weighted by Crippen LogP contribution is -2.56. The van der Waals surface area contributed by atoms with E-state index >= 15 is 0 Å². The van der Waals surface area contributed by atoms with Crippen LogP contribution in [0.3, 0.4) is 0 Å². The number of thioether (sulfide) groups is 1. The average Bonchev–Trinajstić information content (AvgIpc) is 2.99. The summed E-state index contributed by atoms with van der Waals surface area (Å²) in [7, 11) is 0. The van der Waals surface area contributed by atoms with Crippen LogP contribution in [0.5, 0.6) is 0 Å². The van der Waals surface area contributed by atoms with Crippen LogP contribution in [0.2, 0.25) is 0 Å². The van der Waals surface area contributed by atoms with Crippen LogP contribution in [-0.2, 0) is 9.59 Å². The van der Waals surface area contributed by atoms with Crippen molar-refractivity contribution in [3.63, 3.8) is 0 Å². The summed E-state index contributed by atoms with van der Waals surface area (Å²) in [5, 5.41) is 17.3. The molecule has 2 aliphatic rings. The molecule has 0 radical (unpaired) electrons. The molecular weight excluding hydrogens is 326 g/mol. The fraction of sp³-hybridized carbons (Fsp3) is 0.769. The summed E-state index contributed by atoms with van der Waals surface area (Å²) >= 11 is 5.63. The minimum absolute atomic E-state index is 0.0567. The number of nitrogens with one attached hydrogen (secondary N) is 3. The third kappa shape index (κ3) is 3.62. The predicted molar refractivity (Wildman–Crippen MR) is 87.4 cm³/mol. The third-order valence-electron chi connectivity index (χ3n) is 4.00. The minimum Gasteiger partial charge on any atom is -0.481 e. The third-order valence-corrected chi connectivity index (χ3v) is 5.91. The molecule has 2 rings (SSSR count). The predicted octanol–water partition coefficient (Wildman–Crippen LogP) is 0.213. The SMILES string of the molecule is O=C(O)CCCC[C@]1(C(=O)NCCS)SC[C@@H]2NC(=O)N[C@@H]21. The Morgan fingerprint density at radius 1 is 1.41 bits per heavy atom. The van der Waals surface area contributed by atoms with Crippen molar-refractivity contribution in [2.24, 2.45) is 0 Å². The van der Waals surface area contributed by atoms with Gasteiger partial charge in [0.15, 0.2) is 0 Å². The number of hydrogen-bond acceptors (Lipinski definition) is 5. The van der Waals surface area contributed by atoms with E-state index in [1.54, 1.807) is 0 Å². The van der Waals surface area contributed by atoms with Crippen LogP contribution in [0.1, 0.15) is 25.7 Å². The van der Waals surface area contributed by atoms with Gasteiger partial charge in [-0.1, -0.05) is 6.42 Å². The van der Waals surface area contributed by atoms with Crippen LogP contribution >= 0.6 is 24.4 Å². The first-order valence-electron chi connectivity index (χ1n) is 7.31. The van der Waals surface area contributed by atoms with Crippen LogP contribution in [0.25, 0.3) is 0 Å². The normalized spacial score (nSPS) is 29.6. The molecule has 2 saturated heterocycles. The van der Waals surface area contributed by atoms with Crippen molar-refractivity contribution < 1.29 is 19.5 Å². The van der Waals surface area contributed by atoms with E-state index in [1.165, 1.54) is 11.8 Å². The van der Waals surface area contributed by atoms with Gasteiger partial charge in [-0.25, -0.2) is 4.79 Å². The molecule has 9 heteroatoms. The summed E-state index contributed by atoms with van der Waals surface area (Å²) in [6.45, 7) is 0.470. The number of rotatable bonds is 8. The zero-order valence-corrected chi connectivity index (χ0v) is 13.8. The van der Waals surface area contributed by atoms with E-state index in [2.05, 4.69) is 28.6 Å². The van der Waals surface area contributed by atoms with Gasteiger partial charge in [-0.2, -0.15) is 12.6 Å². The molecule has 0 aromatic rings. The van der Waals surface area contributed by atoms with E-state index in [0.29, 0.717) is 37.3 Å². The molecule has 22 heavy (non-hydrogen) atoms. The number of hydrogen-bond donors (Lipinski definition) is 5. The molecule has 4 N–H and O–H groups in total. The average molecular weight is 347 g/mol. The van der Waals surface area contributed by atoms with Gasteiger partial charge in [-0.15, -0.1) is 11.8 Å². The fourth-order valence-electron chi connectivity index (χ4n) is 2.97. The second kappa shape index (κ2) is 7.45. The second-order valence-electron chi connectivity index (χ2n) is 5.48. The number of carbonyl (C=O) groups excluding carboxylic acids is 2. The van der Waals surface area contributed by atoms with Crippen LogP contribution < -0.4 is 16.0 Å². The van der Waals surface area contributed by atoms with E-state index in [9.17, 15) is 14.4 Å². The summed E-state index contributed by atoms with van der Waals surface area (Å²) in [5.74, 6) is 0.292. The zero-order valence-electron chi connectivity index (χ0n) is 12.1. The maximum Gasteiger partial charge on any atom is 0.315 e. The number of aliphatic carboxylic acids is 1. The van der Waals surface area contributed by atoms with Gasteiger partial charge in [0, 0.05) is 24.5 Å². The summed E-state index contributed by atoms with van der Waals surface area (Å²) in [4.78, 5) is 34.8. The van der Waals surface area contributed by atoms with E-state index in [4.69, 9.17) is 5.11 Å². The summed E-state index contributed by atoms with van der Waals surface area (Å²) < 4.78 is -0.731. The number of carboxylic acids is 1. The maximum absolute atomic E-state index is 12.6. The Bertz CT molecular complexity index is 463. The van der Waals surface area contributed by atoms with Crippen molar-refractivity contribution in [1.29, 1.82) is 0 Å². The van der Waals surface area contributed by atoms with Crippen LogP contribution in [-0.4, -0.2) is 57.9 Å². The molecule has 0 saturated carbocycles. The van der Waals surface area contributed by atoms with Gasteiger partial charge in [0.2, 0.25) is 5.91 Å². The van der Waals surface area contributed by atoms with Crippen molar-refractivity contribution in [3.05, 3.63) is 0 Å². The lowest BCUT2D eigenvalue weighted by Gasteiger charge is -2.32. The molecule has 0 spiro atoms. The monoisotopic (exact) mass is 347 g/mol. The van der Waals surface area contributed by atoms with Crippen molar-refractivity contribution in [2.75, 3.05) is 18.1 Å². The van der Waals surface area contributed by atoms with Gasteiger partial charge >= 0.3 is 12.0 Å². The second-order valence-corrected chi connectivity index (χ2v) is 7.28. The molecule has 0 aromatic carbocycles. The molecule has 2 fully saturated rings. The number of carbonyl (C=O) groups is 3. The smallest absolute Gasteiger partial charge is 0.315 e. The van der Waals surface area contributed by atoms with E-state index in [-0.39, 0.29) is 30.4 Å². The Labute approximate surface area is 138 Å². The molecule has 0 unspecified atom stereocenters. The molecule has 0 aromatic heterocycles. The lowest BCUT2D eigenvalue weighted by molar-refractivity contribution is -0.137. The molecule has 7 nitrogen and oxygen atoms in total. The Balaban J connectivity index is 2.05. The van der Waals surface area contributed by atoms with Crippen LogP contribution in [0.15, 0.2) is 0 Å². The highest BCUT2D eigenvalue weighted by molar-refractivity contribution is 8.01. The number of urea groups is 1. The lowest BCUT2D eigenvalue weighted by atomic mass is 9.88. The molecule has 2 heterocycles. The van der Waals surface area contributed by atoms with Gasteiger partial charge in [-0.05, 0) is 12.8 Å². The largest absolute Gasteiger partial charge is 0.481 e. The van der Waals surface area contributed by atoms with Gasteiger partial charge < -0.3 is 21.1 Å². The minimum atomic E-state index is -0.832. The number of carboxylic acid groups (broad SMARTS) is 1. The van der Waals surface area contributed by atoms with Gasteiger partial charge in [0.05, 0.1) is 12.1 Å². The number of unbranched alkanes of at least 4 members (excludes halogenated alkanes) is 1. The van der Waals surface area contributed by atoms with E-state index in [0.717, 1.165) is 0 Å².